The number of carbonyl (C=O) groups excluding carboxylic acids is 1. The molecule has 0 atom stereocenters. The minimum absolute atomic E-state index is 0.0121. The molecule has 7 nitrogen and oxygen atoms in total. The summed E-state index contributed by atoms with van der Waals surface area (Å²) in [7, 11) is 3.82. The number of benzene rings is 2. The molecule has 160 valence electrons. The first-order valence-corrected chi connectivity index (χ1v) is 11.1. The van der Waals surface area contributed by atoms with Crippen LogP contribution in [0.4, 0.5) is 5.82 Å². The third kappa shape index (κ3) is 3.80. The summed E-state index contributed by atoms with van der Waals surface area (Å²) in [6.07, 6.45) is 2.18. The largest absolute Gasteiger partial charge is 0.371 e. The molecule has 2 N–H and O–H groups in total. The molecule has 2 aromatic carbocycles. The molecule has 32 heavy (non-hydrogen) atoms. The van der Waals surface area contributed by atoms with Crippen molar-refractivity contribution < 1.29 is 4.79 Å². The van der Waals surface area contributed by atoms with Gasteiger partial charge in [0.2, 0.25) is 5.91 Å². The van der Waals surface area contributed by atoms with Gasteiger partial charge in [-0.15, -0.1) is 11.3 Å². The van der Waals surface area contributed by atoms with E-state index in [0.29, 0.717) is 18.6 Å². The van der Waals surface area contributed by atoms with E-state index in [1.807, 2.05) is 73.3 Å². The summed E-state index contributed by atoms with van der Waals surface area (Å²) >= 11 is 1.61. The van der Waals surface area contributed by atoms with E-state index in [4.69, 9.17) is 4.98 Å². The fraction of sp³-hybridized carbons (Fsp3) is 0.167. The maximum absolute atomic E-state index is 12.2. The van der Waals surface area contributed by atoms with Crippen LogP contribution in [0.2, 0.25) is 0 Å². The minimum atomic E-state index is 0.0121. The van der Waals surface area contributed by atoms with Crippen molar-refractivity contribution in [2.75, 3.05) is 12.4 Å². The van der Waals surface area contributed by atoms with Crippen molar-refractivity contribution in [3.8, 4) is 10.6 Å². The summed E-state index contributed by atoms with van der Waals surface area (Å²) in [5.74, 6) is 0.740. The van der Waals surface area contributed by atoms with Gasteiger partial charge in [0, 0.05) is 26.2 Å². The topological polar surface area (TPSA) is 84.7 Å². The van der Waals surface area contributed by atoms with Gasteiger partial charge in [0.15, 0.2) is 11.5 Å². The van der Waals surface area contributed by atoms with Gasteiger partial charge in [0.25, 0.3) is 0 Å². The van der Waals surface area contributed by atoms with Gasteiger partial charge >= 0.3 is 0 Å². The fourth-order valence-corrected chi connectivity index (χ4v) is 4.78. The molecule has 5 rings (SSSR count). The van der Waals surface area contributed by atoms with E-state index < -0.39 is 0 Å². The molecular weight excluding hydrogens is 420 g/mol. The Hall–Kier alpha value is -3.78. The molecule has 0 bridgehead atoms. The highest BCUT2D eigenvalue weighted by atomic mass is 32.1. The van der Waals surface area contributed by atoms with Crippen LogP contribution in [-0.4, -0.2) is 32.5 Å². The van der Waals surface area contributed by atoms with Crippen LogP contribution >= 0.6 is 11.3 Å². The van der Waals surface area contributed by atoms with Gasteiger partial charge in [0.1, 0.15) is 15.2 Å². The van der Waals surface area contributed by atoms with Crippen molar-refractivity contribution in [2.24, 2.45) is 7.05 Å². The molecule has 0 unspecified atom stereocenters. The Labute approximate surface area is 189 Å². The number of anilines is 1. The first-order valence-electron chi connectivity index (χ1n) is 10.3. The number of hydrogen-bond acceptors (Lipinski definition) is 6. The van der Waals surface area contributed by atoms with Crippen molar-refractivity contribution in [1.82, 2.24) is 24.8 Å². The summed E-state index contributed by atoms with van der Waals surface area (Å²) in [6, 6.07) is 17.9. The Kier molecular flexibility index (Phi) is 5.28. The van der Waals surface area contributed by atoms with Crippen LogP contribution in [0, 0.1) is 0 Å². The molecular formula is C24H22N6OS. The number of hydrogen-bond donors (Lipinski definition) is 2. The second-order valence-corrected chi connectivity index (χ2v) is 8.57. The molecule has 0 aliphatic heterocycles. The lowest BCUT2D eigenvalue weighted by molar-refractivity contribution is -0.120. The normalized spacial score (nSPS) is 11.2. The van der Waals surface area contributed by atoms with Gasteiger partial charge in [-0.05, 0) is 11.1 Å². The molecule has 0 radical (unpaired) electrons. The third-order valence-corrected chi connectivity index (χ3v) is 6.44. The summed E-state index contributed by atoms with van der Waals surface area (Å²) < 4.78 is 3.02. The lowest BCUT2D eigenvalue weighted by Gasteiger charge is -2.06. The van der Waals surface area contributed by atoms with Gasteiger partial charge in [-0.1, -0.05) is 54.6 Å². The van der Waals surface area contributed by atoms with Crippen LogP contribution in [-0.2, 0) is 24.8 Å². The molecule has 0 saturated carbocycles. The highest BCUT2D eigenvalue weighted by molar-refractivity contribution is 7.22. The molecule has 0 fully saturated rings. The van der Waals surface area contributed by atoms with Gasteiger partial charge in [-0.25, -0.2) is 15.0 Å². The number of aryl methyl sites for hydroxylation is 1. The lowest BCUT2D eigenvalue weighted by Crippen LogP contribution is -2.24. The van der Waals surface area contributed by atoms with E-state index in [0.717, 1.165) is 43.2 Å². The van der Waals surface area contributed by atoms with E-state index in [1.165, 1.54) is 0 Å². The van der Waals surface area contributed by atoms with Crippen molar-refractivity contribution >= 4 is 44.4 Å². The van der Waals surface area contributed by atoms with Crippen LogP contribution in [0.3, 0.4) is 0 Å². The maximum atomic E-state index is 12.2. The Morgan fingerprint density at radius 2 is 1.81 bits per heavy atom. The number of amides is 1. The second kappa shape index (κ2) is 8.39. The number of aromatic nitrogens is 4. The van der Waals surface area contributed by atoms with E-state index in [1.54, 1.807) is 17.7 Å². The van der Waals surface area contributed by atoms with E-state index >= 15 is 0 Å². The molecule has 0 aliphatic rings. The zero-order valence-electron chi connectivity index (χ0n) is 17.8. The fourth-order valence-electron chi connectivity index (χ4n) is 3.68. The molecule has 3 aromatic heterocycles. The average Bonchev–Trinajstić information content (AvgIpc) is 3.41. The van der Waals surface area contributed by atoms with Crippen LogP contribution in [0.1, 0.15) is 11.1 Å². The number of carbonyl (C=O) groups is 1. The zero-order valence-corrected chi connectivity index (χ0v) is 18.6. The number of thiazole rings is 1. The first-order chi connectivity index (χ1) is 15.6. The molecule has 5 aromatic rings. The number of nitrogens with one attached hydrogen (secondary N) is 2. The first kappa shape index (κ1) is 20.1. The molecule has 0 spiro atoms. The number of imidazole rings is 1. The van der Waals surface area contributed by atoms with Gasteiger partial charge in [-0.3, -0.25) is 4.79 Å². The highest BCUT2D eigenvalue weighted by Gasteiger charge is 2.17. The number of nitrogens with zero attached hydrogens (tertiary/aromatic N) is 4. The van der Waals surface area contributed by atoms with E-state index in [2.05, 4.69) is 20.6 Å². The van der Waals surface area contributed by atoms with Gasteiger partial charge in [-0.2, -0.15) is 0 Å². The molecule has 3 heterocycles. The Morgan fingerprint density at radius 3 is 2.56 bits per heavy atom. The molecule has 8 heteroatoms. The molecule has 1 amide bonds. The lowest BCUT2D eigenvalue weighted by atomic mass is 10.1. The van der Waals surface area contributed by atoms with Crippen LogP contribution in [0.25, 0.3) is 32.0 Å². The molecule has 0 aliphatic carbocycles. The van der Waals surface area contributed by atoms with Crippen LogP contribution in [0.15, 0.2) is 60.9 Å². The molecule has 0 saturated heterocycles. The van der Waals surface area contributed by atoms with Gasteiger partial charge < -0.3 is 15.2 Å². The van der Waals surface area contributed by atoms with Gasteiger partial charge in [0.05, 0.1) is 18.3 Å². The summed E-state index contributed by atoms with van der Waals surface area (Å²) in [6.45, 7) is 0.495. The third-order valence-electron chi connectivity index (χ3n) is 5.34. The Morgan fingerprint density at radius 1 is 1.03 bits per heavy atom. The Bertz CT molecular complexity index is 1410. The smallest absolute Gasteiger partial charge is 0.224 e. The summed E-state index contributed by atoms with van der Waals surface area (Å²) in [5.41, 5.74) is 5.66. The second-order valence-electron chi connectivity index (χ2n) is 7.57. The highest BCUT2D eigenvalue weighted by Crippen LogP contribution is 2.35. The van der Waals surface area contributed by atoms with Crippen molar-refractivity contribution in [1.29, 1.82) is 0 Å². The van der Waals surface area contributed by atoms with Crippen LogP contribution in [0.5, 0.6) is 0 Å². The number of pyridine rings is 1. The number of rotatable bonds is 6. The minimum Gasteiger partial charge on any atom is -0.371 e. The van der Waals surface area contributed by atoms with E-state index in [-0.39, 0.29) is 5.91 Å². The monoisotopic (exact) mass is 442 g/mol. The zero-order chi connectivity index (χ0) is 22.1. The van der Waals surface area contributed by atoms with E-state index in [9.17, 15) is 4.79 Å². The standard InChI is InChI=1S/C24H22N6OS/c1-25-22-19-20(30(2)14-27-19)21-23(28-22)29-24(32-21)17-10-8-16(9-11-17)13-26-18(31)12-15-6-4-3-5-7-15/h3-11,14H,12-13H2,1-2H3,(H,25,28)(H,26,31). The Balaban J connectivity index is 1.34. The van der Waals surface area contributed by atoms with Crippen molar-refractivity contribution in [3.63, 3.8) is 0 Å². The predicted molar refractivity (Wildman–Crippen MR) is 129 cm³/mol. The predicted octanol–water partition coefficient (Wildman–Crippen LogP) is 4.15. The quantitative estimate of drug-likeness (QED) is 0.413. The van der Waals surface area contributed by atoms with Crippen LogP contribution < -0.4 is 10.6 Å². The van der Waals surface area contributed by atoms with Crippen molar-refractivity contribution in [3.05, 3.63) is 72.1 Å². The maximum Gasteiger partial charge on any atom is 0.224 e. The number of fused-ring (bicyclic) bond motifs is 3. The van der Waals surface area contributed by atoms with Crippen molar-refractivity contribution in [2.45, 2.75) is 13.0 Å². The average molecular weight is 443 g/mol. The summed E-state index contributed by atoms with van der Waals surface area (Å²) in [4.78, 5) is 26.1. The summed E-state index contributed by atoms with van der Waals surface area (Å²) in [5, 5.41) is 7.00. The SMILES string of the molecule is CNc1nc2nc(-c3ccc(CNC(=O)Cc4ccccc4)cc3)sc2c2c1ncn2C.